The molecule has 1 N–H and O–H groups in total. The van der Waals surface area contributed by atoms with Gasteiger partial charge in [-0.15, -0.1) is 0 Å². The molecule has 0 aliphatic carbocycles. The van der Waals surface area contributed by atoms with E-state index in [1.165, 1.54) is 12.1 Å². The van der Waals surface area contributed by atoms with Gasteiger partial charge < -0.3 is 14.9 Å². The number of hydrogen-bond donors (Lipinski definition) is 1. The summed E-state index contributed by atoms with van der Waals surface area (Å²) < 4.78 is 12.8. The summed E-state index contributed by atoms with van der Waals surface area (Å²) >= 11 is 0. The number of carbonyl (C=O) groups excluding carboxylic acids is 1. The summed E-state index contributed by atoms with van der Waals surface area (Å²) in [6, 6.07) is 6.22. The molecule has 0 unspecified atom stereocenters. The van der Waals surface area contributed by atoms with Crippen LogP contribution >= 0.6 is 0 Å². The van der Waals surface area contributed by atoms with Gasteiger partial charge in [0.15, 0.2) is 0 Å². The zero-order chi connectivity index (χ0) is 14.5. The minimum absolute atomic E-state index is 0.277. The number of nitrogens with zero attached hydrogens (tertiary/aromatic N) is 2. The van der Waals surface area contributed by atoms with E-state index >= 15 is 0 Å². The summed E-state index contributed by atoms with van der Waals surface area (Å²) in [5, 5.41) is 8.48. The van der Waals surface area contributed by atoms with Crippen LogP contribution in [0.3, 0.4) is 0 Å². The molecule has 0 spiro atoms. The standard InChI is InChI=1S/C14H15FN2O3/c15-11-1-3-12(4-2-11)16-7-9-17(10-8-16)13(18)5-6-14(19)20/h1-6H,7-10H2,(H,19,20). The molecule has 0 aromatic heterocycles. The van der Waals surface area contributed by atoms with Crippen molar-refractivity contribution in [2.75, 3.05) is 31.1 Å². The van der Waals surface area contributed by atoms with Crippen molar-refractivity contribution in [3.8, 4) is 0 Å². The molecule has 1 saturated heterocycles. The highest BCUT2D eigenvalue weighted by atomic mass is 19.1. The van der Waals surface area contributed by atoms with Crippen LogP contribution in [0.1, 0.15) is 0 Å². The fraction of sp³-hybridized carbons (Fsp3) is 0.286. The molecule has 2 rings (SSSR count). The molecule has 5 nitrogen and oxygen atoms in total. The fourth-order valence-corrected chi connectivity index (χ4v) is 2.08. The van der Waals surface area contributed by atoms with Crippen molar-refractivity contribution in [1.82, 2.24) is 4.90 Å². The number of halogens is 1. The molecule has 1 aromatic carbocycles. The lowest BCUT2D eigenvalue weighted by Crippen LogP contribution is -2.48. The number of rotatable bonds is 3. The van der Waals surface area contributed by atoms with Crippen LogP contribution in [0.5, 0.6) is 0 Å². The largest absolute Gasteiger partial charge is 0.478 e. The third kappa shape index (κ3) is 3.57. The molecule has 0 saturated carbocycles. The zero-order valence-corrected chi connectivity index (χ0v) is 10.8. The second-order valence-electron chi connectivity index (χ2n) is 4.46. The molecule has 1 heterocycles. The smallest absolute Gasteiger partial charge is 0.328 e. The topological polar surface area (TPSA) is 60.9 Å². The predicted octanol–water partition coefficient (Wildman–Crippen LogP) is 1.12. The molecule has 0 bridgehead atoms. The third-order valence-electron chi connectivity index (χ3n) is 3.15. The van der Waals surface area contributed by atoms with Crippen molar-refractivity contribution in [1.29, 1.82) is 0 Å². The number of benzene rings is 1. The van der Waals surface area contributed by atoms with Gasteiger partial charge in [-0.05, 0) is 24.3 Å². The Kier molecular flexibility index (Phi) is 4.34. The highest BCUT2D eigenvalue weighted by Gasteiger charge is 2.19. The number of aliphatic carboxylic acids is 1. The van der Waals surface area contributed by atoms with Gasteiger partial charge in [0, 0.05) is 44.0 Å². The van der Waals surface area contributed by atoms with Gasteiger partial charge in [0.25, 0.3) is 0 Å². The molecular weight excluding hydrogens is 263 g/mol. The van der Waals surface area contributed by atoms with E-state index < -0.39 is 5.97 Å². The van der Waals surface area contributed by atoms with Crippen LogP contribution in [0.25, 0.3) is 0 Å². The van der Waals surface area contributed by atoms with Gasteiger partial charge in [-0.3, -0.25) is 4.79 Å². The van der Waals surface area contributed by atoms with E-state index in [1.54, 1.807) is 17.0 Å². The molecule has 1 aromatic rings. The summed E-state index contributed by atoms with van der Waals surface area (Å²) in [4.78, 5) is 25.7. The maximum absolute atomic E-state index is 12.8. The lowest BCUT2D eigenvalue weighted by molar-refractivity contribution is -0.132. The van der Waals surface area contributed by atoms with E-state index in [1.807, 2.05) is 0 Å². The summed E-state index contributed by atoms with van der Waals surface area (Å²) in [5.74, 6) is -1.71. The Morgan fingerprint density at radius 1 is 1.05 bits per heavy atom. The van der Waals surface area contributed by atoms with Crippen molar-refractivity contribution < 1.29 is 19.1 Å². The van der Waals surface area contributed by atoms with Crippen LogP contribution in [0.4, 0.5) is 10.1 Å². The summed E-state index contributed by atoms with van der Waals surface area (Å²) in [5.41, 5.74) is 0.916. The van der Waals surface area contributed by atoms with Crippen LogP contribution in [0.2, 0.25) is 0 Å². The predicted molar refractivity (Wildman–Crippen MR) is 72.0 cm³/mol. The van der Waals surface area contributed by atoms with E-state index in [-0.39, 0.29) is 11.7 Å². The summed E-state index contributed by atoms with van der Waals surface area (Å²) in [6.45, 7) is 2.30. The SMILES string of the molecule is O=C(O)C=CC(=O)N1CCN(c2ccc(F)cc2)CC1. The van der Waals surface area contributed by atoms with Gasteiger partial charge in [-0.2, -0.15) is 0 Å². The second-order valence-corrected chi connectivity index (χ2v) is 4.46. The Morgan fingerprint density at radius 3 is 2.20 bits per heavy atom. The van der Waals surface area contributed by atoms with E-state index in [0.717, 1.165) is 17.8 Å². The minimum Gasteiger partial charge on any atom is -0.478 e. The lowest BCUT2D eigenvalue weighted by atomic mass is 10.2. The summed E-state index contributed by atoms with van der Waals surface area (Å²) in [6.07, 6.45) is 1.91. The lowest BCUT2D eigenvalue weighted by Gasteiger charge is -2.35. The number of amides is 1. The minimum atomic E-state index is -1.14. The molecule has 0 radical (unpaired) electrons. The van der Waals surface area contributed by atoms with Gasteiger partial charge in [0.1, 0.15) is 5.82 Å². The molecule has 106 valence electrons. The Bertz CT molecular complexity index is 520. The maximum Gasteiger partial charge on any atom is 0.328 e. The normalized spacial score (nSPS) is 15.7. The van der Waals surface area contributed by atoms with Gasteiger partial charge >= 0.3 is 5.97 Å². The van der Waals surface area contributed by atoms with Crippen molar-refractivity contribution in [2.24, 2.45) is 0 Å². The first kappa shape index (κ1) is 14.0. The third-order valence-corrected chi connectivity index (χ3v) is 3.15. The second kappa shape index (κ2) is 6.18. The Hall–Kier alpha value is -2.37. The molecule has 6 heteroatoms. The monoisotopic (exact) mass is 278 g/mol. The van der Waals surface area contributed by atoms with Crippen LogP contribution < -0.4 is 4.90 Å². The fourth-order valence-electron chi connectivity index (χ4n) is 2.08. The quantitative estimate of drug-likeness (QED) is 0.842. The number of carboxylic acids is 1. The van der Waals surface area contributed by atoms with Gasteiger partial charge in [0.2, 0.25) is 5.91 Å². The number of piperazine rings is 1. The first-order valence-corrected chi connectivity index (χ1v) is 6.27. The number of anilines is 1. The Balaban J connectivity index is 1.90. The first-order chi connectivity index (χ1) is 9.56. The van der Waals surface area contributed by atoms with E-state index in [4.69, 9.17) is 5.11 Å². The molecule has 20 heavy (non-hydrogen) atoms. The van der Waals surface area contributed by atoms with E-state index in [2.05, 4.69) is 4.90 Å². The van der Waals surface area contributed by atoms with Crippen molar-refractivity contribution >= 4 is 17.6 Å². The average Bonchev–Trinajstić information content (AvgIpc) is 2.46. The number of carbonyl (C=O) groups is 2. The van der Waals surface area contributed by atoms with Gasteiger partial charge in [0.05, 0.1) is 0 Å². The summed E-state index contributed by atoms with van der Waals surface area (Å²) in [7, 11) is 0. The molecule has 1 fully saturated rings. The average molecular weight is 278 g/mol. The maximum atomic E-state index is 12.8. The van der Waals surface area contributed by atoms with E-state index in [0.29, 0.717) is 26.2 Å². The highest BCUT2D eigenvalue weighted by molar-refractivity contribution is 5.94. The van der Waals surface area contributed by atoms with Crippen LogP contribution in [0, 0.1) is 5.82 Å². The van der Waals surface area contributed by atoms with Crippen LogP contribution in [-0.4, -0.2) is 48.1 Å². The van der Waals surface area contributed by atoms with Crippen molar-refractivity contribution in [3.63, 3.8) is 0 Å². The molecular formula is C14H15FN2O3. The number of hydrogen-bond acceptors (Lipinski definition) is 3. The Morgan fingerprint density at radius 2 is 1.65 bits per heavy atom. The van der Waals surface area contributed by atoms with Gasteiger partial charge in [-0.1, -0.05) is 0 Å². The van der Waals surface area contributed by atoms with Gasteiger partial charge in [-0.25, -0.2) is 9.18 Å². The molecule has 0 atom stereocenters. The van der Waals surface area contributed by atoms with E-state index in [9.17, 15) is 14.0 Å². The molecule has 1 aliphatic heterocycles. The molecule has 1 amide bonds. The Labute approximate surface area is 115 Å². The first-order valence-electron chi connectivity index (χ1n) is 6.27. The van der Waals surface area contributed by atoms with Crippen LogP contribution in [0.15, 0.2) is 36.4 Å². The zero-order valence-electron chi connectivity index (χ0n) is 10.8. The van der Waals surface area contributed by atoms with Crippen molar-refractivity contribution in [2.45, 2.75) is 0 Å². The molecule has 1 aliphatic rings. The van der Waals surface area contributed by atoms with Crippen LogP contribution in [-0.2, 0) is 9.59 Å². The van der Waals surface area contributed by atoms with Crippen molar-refractivity contribution in [3.05, 3.63) is 42.2 Å². The number of carboxylic acid groups (broad SMARTS) is 1. The highest BCUT2D eigenvalue weighted by Crippen LogP contribution is 2.16.